The summed E-state index contributed by atoms with van der Waals surface area (Å²) in [5.41, 5.74) is 8.21. The van der Waals surface area contributed by atoms with Crippen molar-refractivity contribution >= 4 is 5.69 Å². The van der Waals surface area contributed by atoms with Crippen molar-refractivity contribution in [1.29, 1.82) is 0 Å². The van der Waals surface area contributed by atoms with Gasteiger partial charge in [-0.15, -0.1) is 0 Å². The van der Waals surface area contributed by atoms with E-state index in [1.807, 2.05) is 6.07 Å². The van der Waals surface area contributed by atoms with Crippen LogP contribution in [-0.4, -0.2) is 27.2 Å². The van der Waals surface area contributed by atoms with Gasteiger partial charge in [-0.3, -0.25) is 0 Å². The number of anilines is 1. The van der Waals surface area contributed by atoms with Gasteiger partial charge in [-0.1, -0.05) is 13.8 Å². The number of benzene rings is 1. The van der Waals surface area contributed by atoms with Crippen LogP contribution in [0.5, 0.6) is 5.75 Å². The first-order chi connectivity index (χ1) is 8.49. The van der Waals surface area contributed by atoms with Crippen molar-refractivity contribution in [2.75, 3.05) is 32.1 Å². The highest BCUT2D eigenvalue weighted by Crippen LogP contribution is 2.24. The normalized spacial score (nSPS) is 12.6. The third-order valence-corrected chi connectivity index (χ3v) is 3.57. The predicted molar refractivity (Wildman–Crippen MR) is 78.4 cm³/mol. The topological polar surface area (TPSA) is 38.5 Å². The first-order valence-corrected chi connectivity index (χ1v) is 6.55. The number of aryl methyl sites for hydroxylation is 1. The van der Waals surface area contributed by atoms with Gasteiger partial charge in [0.25, 0.3) is 0 Å². The molecule has 0 amide bonds. The summed E-state index contributed by atoms with van der Waals surface area (Å²) >= 11 is 0. The van der Waals surface area contributed by atoms with Crippen LogP contribution in [0.25, 0.3) is 0 Å². The van der Waals surface area contributed by atoms with Gasteiger partial charge in [0.15, 0.2) is 0 Å². The molecule has 0 aromatic heterocycles. The maximum Gasteiger partial charge on any atom is 0.121 e. The number of rotatable bonds is 6. The Kier molecular flexibility index (Phi) is 5.48. The fourth-order valence-electron chi connectivity index (χ4n) is 2.11. The molecule has 0 saturated heterocycles. The number of nitrogens with zero attached hydrogens (tertiary/aromatic N) is 1. The van der Waals surface area contributed by atoms with Crippen molar-refractivity contribution in [3.8, 4) is 5.75 Å². The van der Waals surface area contributed by atoms with E-state index in [4.69, 9.17) is 10.5 Å². The molecule has 102 valence electrons. The maximum atomic E-state index is 5.83. The number of methoxy groups -OCH3 is 1. The monoisotopic (exact) mass is 250 g/mol. The molecule has 0 heterocycles. The van der Waals surface area contributed by atoms with Gasteiger partial charge in [0.1, 0.15) is 5.75 Å². The van der Waals surface area contributed by atoms with E-state index in [-0.39, 0.29) is 0 Å². The number of hydrogen-bond donors (Lipinski definition) is 1. The van der Waals surface area contributed by atoms with Gasteiger partial charge < -0.3 is 15.4 Å². The van der Waals surface area contributed by atoms with Crippen LogP contribution in [-0.2, 0) is 0 Å². The molecule has 1 unspecified atom stereocenters. The molecule has 1 aromatic carbocycles. The summed E-state index contributed by atoms with van der Waals surface area (Å²) in [6.45, 7) is 8.24. The minimum atomic E-state index is 0.525. The molecule has 2 N–H and O–H groups in total. The zero-order chi connectivity index (χ0) is 13.7. The van der Waals surface area contributed by atoms with Gasteiger partial charge >= 0.3 is 0 Å². The second-order valence-corrected chi connectivity index (χ2v) is 5.27. The average molecular weight is 250 g/mol. The minimum Gasteiger partial charge on any atom is -0.496 e. The molecular weight excluding hydrogens is 224 g/mol. The summed E-state index contributed by atoms with van der Waals surface area (Å²) in [4.78, 5) is 2.27. The smallest absolute Gasteiger partial charge is 0.121 e. The molecule has 0 saturated carbocycles. The largest absolute Gasteiger partial charge is 0.496 e. The van der Waals surface area contributed by atoms with Crippen molar-refractivity contribution < 1.29 is 4.74 Å². The molecule has 0 bridgehead atoms. The third kappa shape index (κ3) is 3.64. The lowest BCUT2D eigenvalue weighted by Crippen LogP contribution is -2.33. The minimum absolute atomic E-state index is 0.525. The lowest BCUT2D eigenvalue weighted by Gasteiger charge is -2.27. The molecular formula is C15H26N2O. The SMILES string of the molecule is COc1ccc(N(C)CC(CN)C(C)C)cc1C. The fourth-order valence-corrected chi connectivity index (χ4v) is 2.11. The Bertz CT molecular complexity index is 377. The van der Waals surface area contributed by atoms with Gasteiger partial charge in [-0.05, 0) is 49.1 Å². The van der Waals surface area contributed by atoms with Crippen LogP contribution < -0.4 is 15.4 Å². The molecule has 1 rings (SSSR count). The summed E-state index contributed by atoms with van der Waals surface area (Å²) in [6.07, 6.45) is 0. The van der Waals surface area contributed by atoms with Crippen molar-refractivity contribution in [3.05, 3.63) is 23.8 Å². The molecule has 0 aliphatic carbocycles. The Hall–Kier alpha value is -1.22. The lowest BCUT2D eigenvalue weighted by atomic mass is 9.95. The van der Waals surface area contributed by atoms with E-state index < -0.39 is 0 Å². The van der Waals surface area contributed by atoms with Crippen LogP contribution in [0.4, 0.5) is 5.69 Å². The molecule has 0 spiro atoms. The second-order valence-electron chi connectivity index (χ2n) is 5.27. The molecule has 1 atom stereocenters. The standard InChI is InChI=1S/C15H26N2O/c1-11(2)13(9-16)10-17(4)14-6-7-15(18-5)12(3)8-14/h6-8,11,13H,9-10,16H2,1-5H3. The van der Waals surface area contributed by atoms with Gasteiger partial charge in [0.2, 0.25) is 0 Å². The fraction of sp³-hybridized carbons (Fsp3) is 0.600. The molecule has 18 heavy (non-hydrogen) atoms. The van der Waals surface area contributed by atoms with Gasteiger partial charge in [0.05, 0.1) is 7.11 Å². The Labute approximate surface area is 111 Å². The van der Waals surface area contributed by atoms with Crippen molar-refractivity contribution in [1.82, 2.24) is 0 Å². The van der Waals surface area contributed by atoms with Gasteiger partial charge in [-0.2, -0.15) is 0 Å². The number of nitrogens with two attached hydrogens (primary N) is 1. The highest BCUT2D eigenvalue weighted by Gasteiger charge is 2.14. The first kappa shape index (κ1) is 14.8. The predicted octanol–water partition coefficient (Wildman–Crippen LogP) is 2.67. The summed E-state index contributed by atoms with van der Waals surface area (Å²) in [6, 6.07) is 6.28. The van der Waals surface area contributed by atoms with Crippen LogP contribution >= 0.6 is 0 Å². The summed E-state index contributed by atoms with van der Waals surface area (Å²) < 4.78 is 5.28. The van der Waals surface area contributed by atoms with Gasteiger partial charge in [0, 0.05) is 19.3 Å². The van der Waals surface area contributed by atoms with Crippen LogP contribution in [0.1, 0.15) is 19.4 Å². The van der Waals surface area contributed by atoms with E-state index in [2.05, 4.69) is 44.9 Å². The second kappa shape index (κ2) is 6.64. The molecule has 0 radical (unpaired) electrons. The third-order valence-electron chi connectivity index (χ3n) is 3.57. The summed E-state index contributed by atoms with van der Waals surface area (Å²) in [5.74, 6) is 2.07. The van der Waals surface area contributed by atoms with Crippen LogP contribution in [0.3, 0.4) is 0 Å². The van der Waals surface area contributed by atoms with E-state index in [1.165, 1.54) is 5.69 Å². The van der Waals surface area contributed by atoms with Crippen molar-refractivity contribution in [2.45, 2.75) is 20.8 Å². The molecule has 3 nitrogen and oxygen atoms in total. The highest BCUT2D eigenvalue weighted by molar-refractivity contribution is 5.52. The number of ether oxygens (including phenoxy) is 1. The van der Waals surface area contributed by atoms with E-state index in [1.54, 1.807) is 7.11 Å². The molecule has 3 heteroatoms. The summed E-state index contributed by atoms with van der Waals surface area (Å²) in [7, 11) is 3.82. The zero-order valence-corrected chi connectivity index (χ0v) is 12.2. The Balaban J connectivity index is 2.77. The first-order valence-electron chi connectivity index (χ1n) is 6.55. The van der Waals surface area contributed by atoms with E-state index in [0.717, 1.165) is 24.4 Å². The molecule has 1 aromatic rings. The Morgan fingerprint density at radius 3 is 2.44 bits per heavy atom. The molecule has 0 fully saturated rings. The zero-order valence-electron chi connectivity index (χ0n) is 12.2. The number of hydrogen-bond acceptors (Lipinski definition) is 3. The highest BCUT2D eigenvalue weighted by atomic mass is 16.5. The maximum absolute atomic E-state index is 5.83. The summed E-state index contributed by atoms with van der Waals surface area (Å²) in [5, 5.41) is 0. The van der Waals surface area contributed by atoms with E-state index >= 15 is 0 Å². The quantitative estimate of drug-likeness (QED) is 0.843. The Morgan fingerprint density at radius 2 is 2.00 bits per heavy atom. The van der Waals surface area contributed by atoms with Crippen LogP contribution in [0, 0.1) is 18.8 Å². The van der Waals surface area contributed by atoms with Crippen LogP contribution in [0.2, 0.25) is 0 Å². The molecule has 0 aliphatic rings. The van der Waals surface area contributed by atoms with E-state index in [0.29, 0.717) is 11.8 Å². The van der Waals surface area contributed by atoms with Crippen molar-refractivity contribution in [2.24, 2.45) is 17.6 Å². The van der Waals surface area contributed by atoms with Crippen LogP contribution in [0.15, 0.2) is 18.2 Å². The van der Waals surface area contributed by atoms with E-state index in [9.17, 15) is 0 Å². The molecule has 0 aliphatic heterocycles. The van der Waals surface area contributed by atoms with Gasteiger partial charge in [-0.25, -0.2) is 0 Å². The lowest BCUT2D eigenvalue weighted by molar-refractivity contribution is 0.397. The average Bonchev–Trinajstić information content (AvgIpc) is 2.35. The Morgan fingerprint density at radius 1 is 1.33 bits per heavy atom. The van der Waals surface area contributed by atoms with Crippen molar-refractivity contribution in [3.63, 3.8) is 0 Å².